The zero-order chi connectivity index (χ0) is 23.9. The largest absolute Gasteiger partial charge is 0.424 e. The van der Waals surface area contributed by atoms with E-state index in [1.165, 1.54) is 31.3 Å². The van der Waals surface area contributed by atoms with Gasteiger partial charge >= 0.3 is 6.18 Å². The number of rotatable bonds is 4. The van der Waals surface area contributed by atoms with Gasteiger partial charge < -0.3 is 10.5 Å². The number of aromatic nitrogens is 1. The molecule has 1 aromatic carbocycles. The van der Waals surface area contributed by atoms with Crippen LogP contribution in [0.5, 0.6) is 0 Å². The number of nitrogens with zero attached hydrogens (tertiary/aromatic N) is 3. The molecule has 0 saturated carbocycles. The Balaban J connectivity index is 1.93. The Morgan fingerprint density at radius 2 is 2.00 bits per heavy atom. The lowest BCUT2D eigenvalue weighted by Crippen LogP contribution is -2.60. The predicted octanol–water partition coefficient (Wildman–Crippen LogP) is 3.75. The smallest absolute Gasteiger partial charge is 0.385 e. The molecule has 0 aliphatic carbocycles. The topological polar surface area (TPSA) is 101 Å². The Morgan fingerprint density at radius 1 is 1.31 bits per heavy atom. The average Bonchev–Trinajstić information content (AvgIpc) is 2.71. The van der Waals surface area contributed by atoms with Gasteiger partial charge in [-0.3, -0.25) is 14.8 Å². The quantitative estimate of drug-likeness (QED) is 0.567. The number of alkyl halides is 3. The lowest BCUT2D eigenvalue weighted by molar-refractivity contribution is -0.249. The summed E-state index contributed by atoms with van der Waals surface area (Å²) >= 11 is 0. The number of nitriles is 1. The molecule has 1 aromatic heterocycles. The molecule has 0 spiro atoms. The van der Waals surface area contributed by atoms with Crippen LogP contribution < -0.4 is 5.73 Å². The standard InChI is InChI=1S/C22H20F4N4O2/c1-12-6-14(9-27)10-29-18(12)17(31)8-13-4-5-16(23)15(7-13)20(2)11-32-21(3,19(28)30-20)22(24,25)26/h4-7,10H,8,11H2,1-3H3,(H2,28,30). The molecule has 3 rings (SSSR count). The molecule has 2 heterocycles. The summed E-state index contributed by atoms with van der Waals surface area (Å²) in [7, 11) is 0. The summed E-state index contributed by atoms with van der Waals surface area (Å²) in [5, 5.41) is 8.92. The molecular weight excluding hydrogens is 428 g/mol. The highest BCUT2D eigenvalue weighted by atomic mass is 19.4. The zero-order valence-corrected chi connectivity index (χ0v) is 17.5. The van der Waals surface area contributed by atoms with Crippen molar-refractivity contribution in [1.82, 2.24) is 4.98 Å². The number of hydrogen-bond donors (Lipinski definition) is 1. The molecule has 10 heteroatoms. The summed E-state index contributed by atoms with van der Waals surface area (Å²) in [5.74, 6) is -1.88. The molecular formula is C22H20F4N4O2. The zero-order valence-electron chi connectivity index (χ0n) is 17.5. The highest BCUT2D eigenvalue weighted by Crippen LogP contribution is 2.41. The molecule has 168 valence electrons. The van der Waals surface area contributed by atoms with Gasteiger partial charge in [0.25, 0.3) is 0 Å². The number of carbonyl (C=O) groups is 1. The fourth-order valence-electron chi connectivity index (χ4n) is 3.42. The van der Waals surface area contributed by atoms with E-state index >= 15 is 0 Å². The molecule has 1 aliphatic heterocycles. The van der Waals surface area contributed by atoms with Gasteiger partial charge in [-0.05, 0) is 50.1 Å². The normalized spacial score (nSPS) is 23.4. The maximum absolute atomic E-state index is 14.6. The van der Waals surface area contributed by atoms with Crippen molar-refractivity contribution in [3.63, 3.8) is 0 Å². The van der Waals surface area contributed by atoms with Gasteiger partial charge in [-0.25, -0.2) is 4.39 Å². The minimum absolute atomic E-state index is 0.0421. The van der Waals surface area contributed by atoms with E-state index in [0.717, 1.165) is 13.0 Å². The molecule has 0 saturated heterocycles. The number of hydrogen-bond acceptors (Lipinski definition) is 6. The van der Waals surface area contributed by atoms with Crippen molar-refractivity contribution >= 4 is 11.6 Å². The van der Waals surface area contributed by atoms with Crippen LogP contribution in [-0.4, -0.2) is 35.0 Å². The van der Waals surface area contributed by atoms with Crippen LogP contribution in [0.15, 0.2) is 35.5 Å². The first-order chi connectivity index (χ1) is 14.8. The number of aliphatic imine (C=N–C) groups is 1. The van der Waals surface area contributed by atoms with E-state index in [1.807, 2.05) is 6.07 Å². The minimum Gasteiger partial charge on any atom is -0.385 e. The molecule has 2 atom stereocenters. The molecule has 2 N–H and O–H groups in total. The summed E-state index contributed by atoms with van der Waals surface area (Å²) in [4.78, 5) is 20.7. The van der Waals surface area contributed by atoms with Crippen LogP contribution in [0.25, 0.3) is 0 Å². The Hall–Kier alpha value is -3.32. The van der Waals surface area contributed by atoms with Crippen molar-refractivity contribution in [2.75, 3.05) is 6.61 Å². The van der Waals surface area contributed by atoms with Crippen molar-refractivity contribution in [3.8, 4) is 6.07 Å². The van der Waals surface area contributed by atoms with Crippen LogP contribution in [0.1, 0.15) is 46.6 Å². The number of aryl methyl sites for hydroxylation is 1. The van der Waals surface area contributed by atoms with Crippen molar-refractivity contribution < 1.29 is 27.1 Å². The number of ketones is 1. The monoisotopic (exact) mass is 448 g/mol. The number of Topliss-reactive ketones (excluding diaryl/α,β-unsaturated/α-hetero) is 1. The summed E-state index contributed by atoms with van der Waals surface area (Å²) < 4.78 is 59.7. The summed E-state index contributed by atoms with van der Waals surface area (Å²) in [6.07, 6.45) is -3.64. The second-order valence-corrected chi connectivity index (χ2v) is 8.01. The molecule has 0 bridgehead atoms. The van der Waals surface area contributed by atoms with Crippen molar-refractivity contribution in [2.24, 2.45) is 10.7 Å². The van der Waals surface area contributed by atoms with E-state index in [-0.39, 0.29) is 23.5 Å². The van der Waals surface area contributed by atoms with E-state index in [2.05, 4.69) is 9.98 Å². The van der Waals surface area contributed by atoms with Crippen molar-refractivity contribution in [3.05, 3.63) is 64.2 Å². The van der Waals surface area contributed by atoms with Crippen molar-refractivity contribution in [1.29, 1.82) is 5.26 Å². The van der Waals surface area contributed by atoms with E-state index < -0.39 is 35.6 Å². The van der Waals surface area contributed by atoms with Gasteiger partial charge in [0.15, 0.2) is 5.78 Å². The summed E-state index contributed by atoms with van der Waals surface area (Å²) in [6, 6.07) is 7.35. The number of nitrogens with two attached hydrogens (primary N) is 1. The van der Waals surface area contributed by atoms with E-state index in [1.54, 1.807) is 6.92 Å². The van der Waals surface area contributed by atoms with E-state index in [0.29, 0.717) is 16.7 Å². The fraction of sp³-hybridized carbons (Fsp3) is 0.364. The number of pyridine rings is 1. The van der Waals surface area contributed by atoms with Gasteiger partial charge in [0.2, 0.25) is 5.60 Å². The first-order valence-electron chi connectivity index (χ1n) is 9.56. The number of ether oxygens (including phenoxy) is 1. The van der Waals surface area contributed by atoms with Gasteiger partial charge in [0.05, 0.1) is 12.2 Å². The number of amidine groups is 1. The van der Waals surface area contributed by atoms with E-state index in [4.69, 9.17) is 15.7 Å². The first-order valence-corrected chi connectivity index (χ1v) is 9.56. The second-order valence-electron chi connectivity index (χ2n) is 8.01. The lowest BCUT2D eigenvalue weighted by atomic mass is 9.88. The lowest BCUT2D eigenvalue weighted by Gasteiger charge is -2.41. The van der Waals surface area contributed by atoms with Crippen LogP contribution in [0.3, 0.4) is 0 Å². The molecule has 2 aromatic rings. The molecule has 0 radical (unpaired) electrons. The van der Waals surface area contributed by atoms with Crippen LogP contribution in [0, 0.1) is 24.1 Å². The summed E-state index contributed by atoms with van der Waals surface area (Å²) in [5.41, 5.74) is 2.69. The van der Waals surface area contributed by atoms with Crippen LogP contribution >= 0.6 is 0 Å². The highest BCUT2D eigenvalue weighted by molar-refractivity contribution is 5.97. The Morgan fingerprint density at radius 3 is 2.56 bits per heavy atom. The van der Waals surface area contributed by atoms with Crippen LogP contribution in [0.2, 0.25) is 0 Å². The average molecular weight is 448 g/mol. The Labute approximate surface area is 181 Å². The number of halogens is 4. The van der Waals surface area contributed by atoms with Gasteiger partial charge in [0.1, 0.15) is 29.0 Å². The maximum Gasteiger partial charge on any atom is 0.424 e. The number of carbonyl (C=O) groups excluding carboxylic acids is 1. The molecule has 0 amide bonds. The predicted molar refractivity (Wildman–Crippen MR) is 108 cm³/mol. The molecule has 2 unspecified atom stereocenters. The third-order valence-corrected chi connectivity index (χ3v) is 5.49. The molecule has 1 aliphatic rings. The maximum atomic E-state index is 14.6. The Bertz CT molecular complexity index is 1160. The minimum atomic E-state index is -4.79. The van der Waals surface area contributed by atoms with Crippen LogP contribution in [-0.2, 0) is 16.7 Å². The third kappa shape index (κ3) is 4.08. The fourth-order valence-corrected chi connectivity index (χ4v) is 3.42. The number of benzene rings is 1. The van der Waals surface area contributed by atoms with Crippen LogP contribution in [0.4, 0.5) is 17.6 Å². The van der Waals surface area contributed by atoms with Gasteiger partial charge in [0, 0.05) is 18.2 Å². The Kier molecular flexibility index (Phi) is 5.82. The third-order valence-electron chi connectivity index (χ3n) is 5.49. The molecule has 0 fully saturated rings. The van der Waals surface area contributed by atoms with Gasteiger partial charge in [-0.2, -0.15) is 18.4 Å². The van der Waals surface area contributed by atoms with Gasteiger partial charge in [-0.1, -0.05) is 6.07 Å². The molecule has 32 heavy (non-hydrogen) atoms. The SMILES string of the molecule is Cc1cc(C#N)cnc1C(=O)Cc1ccc(F)c(C2(C)COC(C)(C(F)(F)F)C(N)=N2)c1. The van der Waals surface area contributed by atoms with Gasteiger partial charge in [-0.15, -0.1) is 0 Å². The first kappa shape index (κ1) is 23.3. The van der Waals surface area contributed by atoms with E-state index in [9.17, 15) is 22.4 Å². The van der Waals surface area contributed by atoms with Crippen molar-refractivity contribution in [2.45, 2.75) is 44.5 Å². The second kappa shape index (κ2) is 7.98. The molecule has 6 nitrogen and oxygen atoms in total. The summed E-state index contributed by atoms with van der Waals surface area (Å²) in [6.45, 7) is 3.26. The highest BCUT2D eigenvalue weighted by Gasteiger charge is 2.59.